The average molecular weight is 226 g/mol. The molecule has 1 aliphatic rings. The zero-order valence-electron chi connectivity index (χ0n) is 10.7. The monoisotopic (exact) mass is 226 g/mol. The standard InChI is InChI=1S/C12H22N2O2/c1-9(15)13-10-5-7-14(8-6-10)11(16)12(2,3)4/h10H,5-8H2,1-4H3,(H,13,15). The fourth-order valence-electron chi connectivity index (χ4n) is 1.99. The maximum atomic E-state index is 12.0. The molecule has 1 N–H and O–H groups in total. The summed E-state index contributed by atoms with van der Waals surface area (Å²) in [6, 6.07) is 0.238. The molecule has 92 valence electrons. The lowest BCUT2D eigenvalue weighted by Gasteiger charge is -2.35. The third-order valence-electron chi connectivity index (χ3n) is 2.83. The first-order valence-corrected chi connectivity index (χ1v) is 5.87. The molecule has 0 spiro atoms. The van der Waals surface area contributed by atoms with Crippen molar-refractivity contribution in [1.82, 2.24) is 10.2 Å². The fraction of sp³-hybridized carbons (Fsp3) is 0.833. The van der Waals surface area contributed by atoms with E-state index in [9.17, 15) is 9.59 Å². The smallest absolute Gasteiger partial charge is 0.227 e. The largest absolute Gasteiger partial charge is 0.353 e. The molecule has 1 rings (SSSR count). The van der Waals surface area contributed by atoms with E-state index in [1.807, 2.05) is 25.7 Å². The Morgan fingerprint density at radius 2 is 1.69 bits per heavy atom. The van der Waals surface area contributed by atoms with E-state index in [1.54, 1.807) is 0 Å². The van der Waals surface area contributed by atoms with Gasteiger partial charge in [-0.25, -0.2) is 0 Å². The van der Waals surface area contributed by atoms with E-state index in [4.69, 9.17) is 0 Å². The highest BCUT2D eigenvalue weighted by Gasteiger charge is 2.30. The Balaban J connectivity index is 2.43. The van der Waals surface area contributed by atoms with Crippen molar-refractivity contribution in [3.63, 3.8) is 0 Å². The highest BCUT2D eigenvalue weighted by atomic mass is 16.2. The molecule has 0 aromatic rings. The van der Waals surface area contributed by atoms with Gasteiger partial charge in [0.15, 0.2) is 0 Å². The Bertz CT molecular complexity index is 273. The quantitative estimate of drug-likeness (QED) is 0.729. The molecule has 0 aliphatic carbocycles. The van der Waals surface area contributed by atoms with Crippen molar-refractivity contribution in [1.29, 1.82) is 0 Å². The second kappa shape index (κ2) is 4.85. The summed E-state index contributed by atoms with van der Waals surface area (Å²) in [6.07, 6.45) is 1.73. The first kappa shape index (κ1) is 13.0. The minimum Gasteiger partial charge on any atom is -0.353 e. The molecule has 4 nitrogen and oxygen atoms in total. The summed E-state index contributed by atoms with van der Waals surface area (Å²) in [5.74, 6) is 0.217. The number of nitrogens with one attached hydrogen (secondary N) is 1. The Morgan fingerprint density at radius 3 is 2.06 bits per heavy atom. The molecule has 2 amide bonds. The van der Waals surface area contributed by atoms with Crippen molar-refractivity contribution in [2.24, 2.45) is 5.41 Å². The van der Waals surface area contributed by atoms with Gasteiger partial charge in [-0.05, 0) is 12.8 Å². The van der Waals surface area contributed by atoms with Crippen molar-refractivity contribution in [3.8, 4) is 0 Å². The van der Waals surface area contributed by atoms with Crippen molar-refractivity contribution >= 4 is 11.8 Å². The van der Waals surface area contributed by atoms with E-state index < -0.39 is 0 Å². The summed E-state index contributed by atoms with van der Waals surface area (Å²) in [5.41, 5.74) is -0.305. The van der Waals surface area contributed by atoms with Crippen LogP contribution >= 0.6 is 0 Å². The number of nitrogens with zero attached hydrogens (tertiary/aromatic N) is 1. The molecule has 0 bridgehead atoms. The summed E-state index contributed by atoms with van der Waals surface area (Å²) in [5, 5.41) is 2.90. The Hall–Kier alpha value is -1.06. The summed E-state index contributed by atoms with van der Waals surface area (Å²) in [4.78, 5) is 24.8. The SMILES string of the molecule is CC(=O)NC1CCN(C(=O)C(C)(C)C)CC1. The zero-order chi connectivity index (χ0) is 12.3. The van der Waals surface area contributed by atoms with Crippen molar-refractivity contribution in [2.75, 3.05) is 13.1 Å². The lowest BCUT2D eigenvalue weighted by atomic mass is 9.93. The van der Waals surface area contributed by atoms with Gasteiger partial charge in [0.25, 0.3) is 0 Å². The predicted octanol–water partition coefficient (Wildman–Crippen LogP) is 1.16. The third kappa shape index (κ3) is 3.51. The van der Waals surface area contributed by atoms with Gasteiger partial charge < -0.3 is 10.2 Å². The molecule has 1 saturated heterocycles. The minimum absolute atomic E-state index is 0.0144. The topological polar surface area (TPSA) is 49.4 Å². The van der Waals surface area contributed by atoms with Gasteiger partial charge >= 0.3 is 0 Å². The van der Waals surface area contributed by atoms with Gasteiger partial charge in [-0.15, -0.1) is 0 Å². The van der Waals surface area contributed by atoms with Gasteiger partial charge in [-0.3, -0.25) is 9.59 Å². The second-order valence-corrected chi connectivity index (χ2v) is 5.52. The lowest BCUT2D eigenvalue weighted by molar-refractivity contribution is -0.140. The van der Waals surface area contributed by atoms with Crippen LogP contribution < -0.4 is 5.32 Å². The fourth-order valence-corrected chi connectivity index (χ4v) is 1.99. The van der Waals surface area contributed by atoms with Crippen molar-refractivity contribution < 1.29 is 9.59 Å². The molecule has 0 unspecified atom stereocenters. The van der Waals surface area contributed by atoms with Crippen LogP contribution in [0.3, 0.4) is 0 Å². The number of hydrogen-bond acceptors (Lipinski definition) is 2. The van der Waals surface area contributed by atoms with Gasteiger partial charge in [-0.1, -0.05) is 20.8 Å². The van der Waals surface area contributed by atoms with Crippen LogP contribution in [0.1, 0.15) is 40.5 Å². The van der Waals surface area contributed by atoms with E-state index in [1.165, 1.54) is 6.92 Å². The summed E-state index contributed by atoms with van der Waals surface area (Å²) in [6.45, 7) is 8.86. The maximum absolute atomic E-state index is 12.0. The number of rotatable bonds is 1. The molecule has 1 aliphatic heterocycles. The highest BCUT2D eigenvalue weighted by molar-refractivity contribution is 5.81. The number of likely N-dealkylation sites (tertiary alicyclic amines) is 1. The van der Waals surface area contributed by atoms with Crippen molar-refractivity contribution in [2.45, 2.75) is 46.6 Å². The molecule has 16 heavy (non-hydrogen) atoms. The minimum atomic E-state index is -0.305. The number of hydrogen-bond donors (Lipinski definition) is 1. The normalized spacial score (nSPS) is 18.4. The van der Waals surface area contributed by atoms with Crippen LogP contribution in [-0.2, 0) is 9.59 Å². The molecular formula is C12H22N2O2. The first-order valence-electron chi connectivity index (χ1n) is 5.87. The van der Waals surface area contributed by atoms with Crippen LogP contribution in [0.5, 0.6) is 0 Å². The van der Waals surface area contributed by atoms with Crippen molar-refractivity contribution in [3.05, 3.63) is 0 Å². The molecule has 1 heterocycles. The number of carbonyl (C=O) groups is 2. The molecule has 0 saturated carbocycles. The van der Waals surface area contributed by atoms with Crippen LogP contribution in [-0.4, -0.2) is 35.8 Å². The maximum Gasteiger partial charge on any atom is 0.227 e. The van der Waals surface area contributed by atoms with Gasteiger partial charge in [0.1, 0.15) is 0 Å². The summed E-state index contributed by atoms with van der Waals surface area (Å²) < 4.78 is 0. The van der Waals surface area contributed by atoms with Crippen LogP contribution in [0, 0.1) is 5.41 Å². The highest BCUT2D eigenvalue weighted by Crippen LogP contribution is 2.20. The second-order valence-electron chi connectivity index (χ2n) is 5.52. The summed E-state index contributed by atoms with van der Waals surface area (Å²) in [7, 11) is 0. The van der Waals surface area contributed by atoms with Crippen LogP contribution in [0.15, 0.2) is 0 Å². The van der Waals surface area contributed by atoms with Gasteiger partial charge in [0, 0.05) is 31.5 Å². The predicted molar refractivity (Wildman–Crippen MR) is 62.9 cm³/mol. The number of amides is 2. The molecule has 1 fully saturated rings. The number of piperidine rings is 1. The Labute approximate surface area is 97.4 Å². The average Bonchev–Trinajstić information content (AvgIpc) is 2.15. The molecule has 0 atom stereocenters. The summed E-state index contributed by atoms with van der Waals surface area (Å²) >= 11 is 0. The molecule has 4 heteroatoms. The molecular weight excluding hydrogens is 204 g/mol. The molecule has 0 aromatic carbocycles. The van der Waals surface area contributed by atoms with E-state index in [0.29, 0.717) is 0 Å². The van der Waals surface area contributed by atoms with E-state index in [-0.39, 0.29) is 23.3 Å². The number of carbonyl (C=O) groups excluding carboxylic acids is 2. The van der Waals surface area contributed by atoms with E-state index in [2.05, 4.69) is 5.32 Å². The Kier molecular flexibility index (Phi) is 3.94. The lowest BCUT2D eigenvalue weighted by Crippen LogP contribution is -2.48. The van der Waals surface area contributed by atoms with Crippen LogP contribution in [0.4, 0.5) is 0 Å². The van der Waals surface area contributed by atoms with Gasteiger partial charge in [0.05, 0.1) is 0 Å². The van der Waals surface area contributed by atoms with Gasteiger partial charge in [0.2, 0.25) is 11.8 Å². The third-order valence-corrected chi connectivity index (χ3v) is 2.83. The zero-order valence-corrected chi connectivity index (χ0v) is 10.7. The molecule has 0 radical (unpaired) electrons. The van der Waals surface area contributed by atoms with Gasteiger partial charge in [-0.2, -0.15) is 0 Å². The van der Waals surface area contributed by atoms with Crippen LogP contribution in [0.2, 0.25) is 0 Å². The van der Waals surface area contributed by atoms with E-state index >= 15 is 0 Å². The molecule has 0 aromatic heterocycles. The van der Waals surface area contributed by atoms with E-state index in [0.717, 1.165) is 25.9 Å². The van der Waals surface area contributed by atoms with Crippen LogP contribution in [0.25, 0.3) is 0 Å². The first-order chi connectivity index (χ1) is 7.30. The Morgan fingerprint density at radius 1 is 1.19 bits per heavy atom.